The molecule has 2 aromatic heterocycles. The molecule has 3 aromatic rings. The zero-order chi connectivity index (χ0) is 10.8. The Hall–Kier alpha value is -2.36. The molecular formula is C12H9N3O. The van der Waals surface area contributed by atoms with Gasteiger partial charge in [-0.3, -0.25) is 0 Å². The topological polar surface area (TPSA) is 44.0 Å². The van der Waals surface area contributed by atoms with E-state index in [9.17, 15) is 0 Å². The monoisotopic (exact) mass is 211 g/mol. The second kappa shape index (κ2) is 3.66. The number of pyridine rings is 1. The van der Waals surface area contributed by atoms with Gasteiger partial charge in [-0.25, -0.2) is 0 Å². The first-order valence-electron chi connectivity index (χ1n) is 4.96. The van der Waals surface area contributed by atoms with Crippen LogP contribution in [-0.2, 0) is 0 Å². The lowest BCUT2D eigenvalue weighted by Gasteiger charge is -1.99. The van der Waals surface area contributed by atoms with E-state index >= 15 is 0 Å². The lowest BCUT2D eigenvalue weighted by Crippen LogP contribution is -2.25. The van der Waals surface area contributed by atoms with Gasteiger partial charge in [0.05, 0.1) is 0 Å². The molecule has 78 valence electrons. The predicted molar refractivity (Wildman–Crippen MR) is 59.1 cm³/mol. The molecule has 0 aliphatic carbocycles. The lowest BCUT2D eigenvalue weighted by molar-refractivity contribution is -0.620. The first-order chi connectivity index (χ1) is 7.92. The molecule has 0 unspecified atom stereocenters. The summed E-state index contributed by atoms with van der Waals surface area (Å²) in [5.41, 5.74) is 5.78. The molecule has 0 aliphatic rings. The average Bonchev–Trinajstić information content (AvgIpc) is 2.72. The van der Waals surface area contributed by atoms with Gasteiger partial charge in [-0.2, -0.15) is 5.43 Å². The van der Waals surface area contributed by atoms with Crippen LogP contribution in [0.2, 0.25) is 0 Å². The fourth-order valence-corrected chi connectivity index (χ4v) is 1.46. The molecule has 2 heterocycles. The van der Waals surface area contributed by atoms with Gasteiger partial charge in [0.2, 0.25) is 0 Å². The van der Waals surface area contributed by atoms with E-state index in [1.165, 1.54) is 0 Å². The van der Waals surface area contributed by atoms with E-state index in [1.807, 2.05) is 54.9 Å². The van der Waals surface area contributed by atoms with Crippen molar-refractivity contribution in [2.45, 2.75) is 0 Å². The zero-order valence-electron chi connectivity index (χ0n) is 8.45. The van der Waals surface area contributed by atoms with Crippen LogP contribution in [0.15, 0.2) is 59.3 Å². The van der Waals surface area contributed by atoms with E-state index in [-0.39, 0.29) is 0 Å². The Labute approximate surface area is 92.1 Å². The summed E-state index contributed by atoms with van der Waals surface area (Å²) in [5, 5.41) is 0. The van der Waals surface area contributed by atoms with Crippen molar-refractivity contribution >= 4 is 17.1 Å². The van der Waals surface area contributed by atoms with Crippen molar-refractivity contribution in [3.63, 3.8) is 0 Å². The van der Waals surface area contributed by atoms with E-state index in [1.54, 1.807) is 4.68 Å². The number of benzene rings is 1. The van der Waals surface area contributed by atoms with Gasteiger partial charge in [0, 0.05) is 17.6 Å². The highest BCUT2D eigenvalue weighted by Crippen LogP contribution is 2.21. The number of hydrogen-bond donors (Lipinski definition) is 0. The zero-order valence-corrected chi connectivity index (χ0v) is 8.45. The molecule has 0 saturated carbocycles. The third-order valence-electron chi connectivity index (χ3n) is 2.18. The molecule has 0 spiro atoms. The summed E-state index contributed by atoms with van der Waals surface area (Å²) in [6, 6.07) is 13.7. The molecule has 0 fully saturated rings. The van der Waals surface area contributed by atoms with Crippen molar-refractivity contribution in [1.82, 2.24) is 4.98 Å². The van der Waals surface area contributed by atoms with E-state index in [0.717, 1.165) is 11.1 Å². The maximum Gasteiger partial charge on any atom is 0.182 e. The molecule has 1 aromatic carbocycles. The highest BCUT2D eigenvalue weighted by atomic mass is 16.4. The lowest BCUT2D eigenvalue weighted by atomic mass is 10.3. The number of para-hydroxylation sites is 2. The third kappa shape index (κ3) is 1.61. The van der Waals surface area contributed by atoms with Crippen LogP contribution in [0, 0.1) is 0 Å². The van der Waals surface area contributed by atoms with Crippen LogP contribution >= 0.6 is 0 Å². The van der Waals surface area contributed by atoms with Crippen molar-refractivity contribution in [3.8, 4) is 0 Å². The standard InChI is InChI=1S/C12H9N3O/c1-4-8-15(9-5-1)14-12-13-10-6-2-3-7-11(10)16-12/h1-9H. The van der Waals surface area contributed by atoms with Crippen LogP contribution in [0.3, 0.4) is 0 Å². The third-order valence-corrected chi connectivity index (χ3v) is 2.18. The number of rotatable bonds is 2. The summed E-state index contributed by atoms with van der Waals surface area (Å²) in [6.45, 7) is 0. The second-order valence-corrected chi connectivity index (χ2v) is 3.32. The molecule has 0 amide bonds. The van der Waals surface area contributed by atoms with Crippen LogP contribution in [0.5, 0.6) is 0 Å². The van der Waals surface area contributed by atoms with Gasteiger partial charge in [-0.05, 0) is 6.07 Å². The minimum absolute atomic E-state index is 0.359. The number of hydrogen-bond acceptors (Lipinski definition) is 2. The molecule has 16 heavy (non-hydrogen) atoms. The first kappa shape index (κ1) is 8.91. The van der Waals surface area contributed by atoms with Crippen molar-refractivity contribution in [2.24, 2.45) is 0 Å². The highest BCUT2D eigenvalue weighted by molar-refractivity contribution is 5.74. The molecule has 0 atom stereocenters. The fourth-order valence-electron chi connectivity index (χ4n) is 1.46. The molecule has 0 N–H and O–H groups in total. The SMILES string of the molecule is c1cc[n+]([N-]c2nc3ccccc3o2)cc1. The van der Waals surface area contributed by atoms with Crippen molar-refractivity contribution in [1.29, 1.82) is 0 Å². The van der Waals surface area contributed by atoms with Crippen LogP contribution in [0.25, 0.3) is 16.5 Å². The summed E-state index contributed by atoms with van der Waals surface area (Å²) in [7, 11) is 0. The molecule has 0 bridgehead atoms. The summed E-state index contributed by atoms with van der Waals surface area (Å²) >= 11 is 0. The molecule has 4 nitrogen and oxygen atoms in total. The minimum Gasteiger partial charge on any atom is -0.460 e. The maximum atomic E-state index is 5.47. The molecule has 4 heteroatoms. The van der Waals surface area contributed by atoms with Crippen LogP contribution in [-0.4, -0.2) is 4.98 Å². The Morgan fingerprint density at radius 3 is 2.62 bits per heavy atom. The van der Waals surface area contributed by atoms with Crippen molar-refractivity contribution < 1.29 is 9.09 Å². The van der Waals surface area contributed by atoms with Gasteiger partial charge in [0.1, 0.15) is 5.58 Å². The number of aromatic nitrogens is 2. The van der Waals surface area contributed by atoms with Gasteiger partial charge in [-0.1, -0.05) is 24.3 Å². The van der Waals surface area contributed by atoms with Crippen LogP contribution in [0.1, 0.15) is 0 Å². The Morgan fingerprint density at radius 2 is 1.81 bits per heavy atom. The summed E-state index contributed by atoms with van der Waals surface area (Å²) in [4.78, 5) is 4.25. The van der Waals surface area contributed by atoms with E-state index < -0.39 is 0 Å². The fraction of sp³-hybridized carbons (Fsp3) is 0. The summed E-state index contributed by atoms with van der Waals surface area (Å²) in [6.07, 6.45) is 3.66. The van der Waals surface area contributed by atoms with Crippen LogP contribution < -0.4 is 4.68 Å². The molecule has 0 saturated heterocycles. The smallest absolute Gasteiger partial charge is 0.182 e. The van der Waals surface area contributed by atoms with Gasteiger partial charge in [0.25, 0.3) is 0 Å². The largest absolute Gasteiger partial charge is 0.460 e. The Bertz CT molecular complexity index is 571. The van der Waals surface area contributed by atoms with Gasteiger partial charge >= 0.3 is 0 Å². The molecule has 3 rings (SSSR count). The minimum atomic E-state index is 0.359. The second-order valence-electron chi connectivity index (χ2n) is 3.32. The summed E-state index contributed by atoms with van der Waals surface area (Å²) < 4.78 is 7.13. The highest BCUT2D eigenvalue weighted by Gasteiger charge is 1.99. The number of oxazole rings is 1. The van der Waals surface area contributed by atoms with Gasteiger partial charge < -0.3 is 9.40 Å². The maximum absolute atomic E-state index is 5.47. The molecular weight excluding hydrogens is 202 g/mol. The molecule has 0 radical (unpaired) electrons. The average molecular weight is 211 g/mol. The van der Waals surface area contributed by atoms with Gasteiger partial charge in [0.15, 0.2) is 18.4 Å². The normalized spacial score (nSPS) is 10.5. The Morgan fingerprint density at radius 1 is 1.00 bits per heavy atom. The number of fused-ring (bicyclic) bond motifs is 1. The predicted octanol–water partition coefficient (Wildman–Crippen LogP) is 2.58. The van der Waals surface area contributed by atoms with E-state index in [0.29, 0.717) is 6.01 Å². The van der Waals surface area contributed by atoms with E-state index in [2.05, 4.69) is 10.4 Å². The van der Waals surface area contributed by atoms with Gasteiger partial charge in [-0.15, -0.1) is 4.68 Å². The van der Waals surface area contributed by atoms with Crippen molar-refractivity contribution in [3.05, 3.63) is 60.3 Å². The Kier molecular flexibility index (Phi) is 2.04. The van der Waals surface area contributed by atoms with Crippen molar-refractivity contribution in [2.75, 3.05) is 0 Å². The first-order valence-corrected chi connectivity index (χ1v) is 4.96. The summed E-state index contributed by atoms with van der Waals surface area (Å²) in [5.74, 6) is 0. The molecule has 0 aliphatic heterocycles. The van der Waals surface area contributed by atoms with E-state index in [4.69, 9.17) is 4.42 Å². The van der Waals surface area contributed by atoms with Crippen LogP contribution in [0.4, 0.5) is 6.01 Å². The number of nitrogens with zero attached hydrogens (tertiary/aromatic N) is 3. The quantitative estimate of drug-likeness (QED) is 0.611. The Balaban J connectivity index is 1.95.